The summed E-state index contributed by atoms with van der Waals surface area (Å²) in [7, 11) is 0. The van der Waals surface area contributed by atoms with Gasteiger partial charge in [-0.2, -0.15) is 0 Å². The maximum Gasteiger partial charge on any atom is 0.249 e. The lowest BCUT2D eigenvalue weighted by molar-refractivity contribution is -0.303. The third kappa shape index (κ3) is 18.8. The van der Waals surface area contributed by atoms with Crippen molar-refractivity contribution in [1.82, 2.24) is 5.32 Å². The molecule has 1 aliphatic heterocycles. The molecule has 276 valence electrons. The van der Waals surface area contributed by atoms with Crippen LogP contribution in [0.1, 0.15) is 129 Å². The fourth-order valence-corrected chi connectivity index (χ4v) is 5.64. The van der Waals surface area contributed by atoms with Crippen LogP contribution in [0.3, 0.4) is 0 Å². The van der Waals surface area contributed by atoms with E-state index in [0.29, 0.717) is 19.3 Å². The first-order valence-corrected chi connectivity index (χ1v) is 18.2. The van der Waals surface area contributed by atoms with Crippen LogP contribution in [-0.2, 0) is 14.3 Å². The normalized spacial score (nSPS) is 24.5. The molecule has 11 nitrogen and oxygen atoms in total. The van der Waals surface area contributed by atoms with E-state index in [1.54, 1.807) is 0 Å². The first-order chi connectivity index (χ1) is 22.7. The van der Waals surface area contributed by atoms with Gasteiger partial charge >= 0.3 is 0 Å². The van der Waals surface area contributed by atoms with E-state index in [4.69, 9.17) is 9.47 Å². The van der Waals surface area contributed by atoms with Crippen molar-refractivity contribution in [3.8, 4) is 0 Å². The Kier molecular flexibility index (Phi) is 25.4. The maximum atomic E-state index is 12.9. The van der Waals surface area contributed by atoms with Gasteiger partial charge in [-0.05, 0) is 44.9 Å². The molecule has 0 aromatic heterocycles. The van der Waals surface area contributed by atoms with Crippen LogP contribution in [0.15, 0.2) is 24.3 Å². The van der Waals surface area contributed by atoms with Crippen molar-refractivity contribution in [2.45, 2.75) is 184 Å². The van der Waals surface area contributed by atoms with Gasteiger partial charge in [0, 0.05) is 0 Å². The van der Waals surface area contributed by atoms with Crippen LogP contribution in [0.4, 0.5) is 0 Å². The largest absolute Gasteiger partial charge is 0.394 e. The number of carbonyl (C=O) groups is 1. The highest BCUT2D eigenvalue weighted by Gasteiger charge is 2.44. The van der Waals surface area contributed by atoms with E-state index in [-0.39, 0.29) is 12.8 Å². The molecule has 0 aliphatic carbocycles. The van der Waals surface area contributed by atoms with Crippen molar-refractivity contribution >= 4 is 5.91 Å². The van der Waals surface area contributed by atoms with Gasteiger partial charge in [-0.3, -0.25) is 4.79 Å². The van der Waals surface area contributed by atoms with Crippen LogP contribution in [0.5, 0.6) is 0 Å². The van der Waals surface area contributed by atoms with Gasteiger partial charge in [0.1, 0.15) is 36.6 Å². The predicted molar refractivity (Wildman–Crippen MR) is 182 cm³/mol. The average Bonchev–Trinajstić information content (AvgIpc) is 3.07. The summed E-state index contributed by atoms with van der Waals surface area (Å²) < 4.78 is 11.0. The molecule has 0 aromatic carbocycles. The number of hydrogen-bond donors (Lipinski definition) is 8. The van der Waals surface area contributed by atoms with Gasteiger partial charge in [0.15, 0.2) is 6.29 Å². The molecule has 1 amide bonds. The zero-order valence-corrected chi connectivity index (χ0v) is 29.0. The summed E-state index contributed by atoms with van der Waals surface area (Å²) in [5, 5.41) is 74.8. The molecule has 1 aliphatic rings. The Morgan fingerprint density at radius 3 is 1.91 bits per heavy atom. The Balaban J connectivity index is 2.63. The molecule has 9 unspecified atom stereocenters. The van der Waals surface area contributed by atoms with Gasteiger partial charge in [0.05, 0.1) is 25.4 Å². The molecule has 1 rings (SSSR count). The van der Waals surface area contributed by atoms with E-state index >= 15 is 0 Å². The molecule has 0 aromatic rings. The Labute approximate surface area is 283 Å². The summed E-state index contributed by atoms with van der Waals surface area (Å²) in [5.74, 6) is -0.717. The van der Waals surface area contributed by atoms with Gasteiger partial charge < -0.3 is 50.5 Å². The van der Waals surface area contributed by atoms with E-state index < -0.39 is 74.2 Å². The lowest BCUT2D eigenvalue weighted by Crippen LogP contribution is -2.60. The number of unbranched alkanes of at least 4 members (excludes halogenated alkanes) is 12. The van der Waals surface area contributed by atoms with Crippen LogP contribution < -0.4 is 5.32 Å². The van der Waals surface area contributed by atoms with E-state index in [1.807, 2.05) is 6.08 Å². The highest BCUT2D eigenvalue weighted by atomic mass is 16.7. The summed E-state index contributed by atoms with van der Waals surface area (Å²) in [6, 6.07) is -1.18. The first kappa shape index (κ1) is 43.6. The fraction of sp³-hybridized carbons (Fsp3) is 0.861. The molecule has 9 atom stereocenters. The van der Waals surface area contributed by atoms with Crippen molar-refractivity contribution in [1.29, 1.82) is 0 Å². The second-order valence-electron chi connectivity index (χ2n) is 12.9. The van der Waals surface area contributed by atoms with Crippen LogP contribution in [0.25, 0.3) is 0 Å². The minimum atomic E-state index is -1.66. The van der Waals surface area contributed by atoms with Gasteiger partial charge in [-0.1, -0.05) is 109 Å². The summed E-state index contributed by atoms with van der Waals surface area (Å²) >= 11 is 0. The second kappa shape index (κ2) is 27.4. The van der Waals surface area contributed by atoms with Crippen molar-refractivity contribution in [3.63, 3.8) is 0 Å². The highest BCUT2D eigenvalue weighted by Crippen LogP contribution is 2.23. The van der Waals surface area contributed by atoms with Crippen molar-refractivity contribution < 1.29 is 50.0 Å². The number of rotatable bonds is 28. The number of aliphatic hydroxyl groups is 7. The van der Waals surface area contributed by atoms with Crippen LogP contribution in [-0.4, -0.2) is 110 Å². The summed E-state index contributed by atoms with van der Waals surface area (Å²) in [4.78, 5) is 12.9. The molecular weight excluding hydrogens is 606 g/mol. The Morgan fingerprint density at radius 1 is 0.745 bits per heavy atom. The number of allylic oxidation sites excluding steroid dienone is 4. The van der Waals surface area contributed by atoms with Crippen LogP contribution in [0.2, 0.25) is 0 Å². The molecule has 11 heteroatoms. The van der Waals surface area contributed by atoms with E-state index in [1.165, 1.54) is 44.9 Å². The zero-order valence-electron chi connectivity index (χ0n) is 29.0. The monoisotopic (exact) mass is 673 g/mol. The average molecular weight is 674 g/mol. The van der Waals surface area contributed by atoms with Gasteiger partial charge in [-0.15, -0.1) is 0 Å². The molecule has 8 N–H and O–H groups in total. The minimum Gasteiger partial charge on any atom is -0.394 e. The predicted octanol–water partition coefficient (Wildman–Crippen LogP) is 3.54. The molecule has 0 bridgehead atoms. The fourth-order valence-electron chi connectivity index (χ4n) is 5.64. The summed E-state index contributed by atoms with van der Waals surface area (Å²) in [5.41, 5.74) is 0. The molecular formula is C36H67NO10. The number of aliphatic hydroxyl groups excluding tert-OH is 7. The molecule has 1 fully saturated rings. The molecule has 47 heavy (non-hydrogen) atoms. The minimum absolute atomic E-state index is 0.245. The number of nitrogens with one attached hydrogen (secondary N) is 1. The number of amides is 1. The Bertz CT molecular complexity index is 826. The second-order valence-corrected chi connectivity index (χ2v) is 12.9. The first-order valence-electron chi connectivity index (χ1n) is 18.2. The number of carbonyl (C=O) groups excluding carboxylic acids is 1. The van der Waals surface area contributed by atoms with E-state index in [2.05, 4.69) is 37.4 Å². The van der Waals surface area contributed by atoms with E-state index in [0.717, 1.165) is 38.5 Å². The summed E-state index contributed by atoms with van der Waals surface area (Å²) in [6.45, 7) is 3.22. The van der Waals surface area contributed by atoms with Crippen molar-refractivity contribution in [3.05, 3.63) is 24.3 Å². The standard InChI is InChI=1S/C36H67NO10/c1-3-5-7-9-11-13-14-16-18-20-22-24-29(40)35(45)37-27(26-46-36-34(44)33(43)32(42)30(25-38)47-36)31(41)28(39)23-21-19-17-15-12-10-8-6-4-2/h6,8,15,17,27-34,36,38-44H,3-5,7,9-14,16,18-26H2,1-2H3,(H,37,45)/b8-6+,17-15+. The Hall–Kier alpha value is -1.41. The zero-order chi connectivity index (χ0) is 34.9. The lowest BCUT2D eigenvalue weighted by Gasteiger charge is -2.40. The SMILES string of the molecule is CC/C=C/CC/C=C/CCCC(O)C(O)C(COC1OC(CO)C(O)C(O)C1O)NC(=O)C(O)CCCCCCCCCCCCC. The number of hydrogen-bond acceptors (Lipinski definition) is 10. The Morgan fingerprint density at radius 2 is 1.32 bits per heavy atom. The van der Waals surface area contributed by atoms with Crippen molar-refractivity contribution in [2.75, 3.05) is 13.2 Å². The van der Waals surface area contributed by atoms with Crippen molar-refractivity contribution in [2.24, 2.45) is 0 Å². The third-order valence-electron chi connectivity index (χ3n) is 8.75. The topological polar surface area (TPSA) is 189 Å². The third-order valence-corrected chi connectivity index (χ3v) is 8.75. The quantitative estimate of drug-likeness (QED) is 0.0451. The van der Waals surface area contributed by atoms with Crippen LogP contribution in [0, 0.1) is 0 Å². The maximum absolute atomic E-state index is 12.9. The smallest absolute Gasteiger partial charge is 0.249 e. The highest BCUT2D eigenvalue weighted by molar-refractivity contribution is 5.80. The molecule has 0 saturated carbocycles. The summed E-state index contributed by atoms with van der Waals surface area (Å²) in [6.07, 6.45) is 14.1. The van der Waals surface area contributed by atoms with E-state index in [9.17, 15) is 40.5 Å². The molecule has 0 spiro atoms. The van der Waals surface area contributed by atoms with Gasteiger partial charge in [-0.25, -0.2) is 0 Å². The molecule has 1 heterocycles. The van der Waals surface area contributed by atoms with Gasteiger partial charge in [0.2, 0.25) is 5.91 Å². The van der Waals surface area contributed by atoms with Gasteiger partial charge in [0.25, 0.3) is 0 Å². The van der Waals surface area contributed by atoms with Crippen LogP contribution >= 0.6 is 0 Å². The molecule has 0 radical (unpaired) electrons. The molecule has 1 saturated heterocycles. The number of ether oxygens (including phenoxy) is 2. The lowest BCUT2D eigenvalue weighted by atomic mass is 9.98.